The number of amides is 1. The SMILES string of the molecule is Cc1ccccc1NC(=O)c1ccc(S(=O)(=O)NC(C)C2CCNCC2)cc1C. The van der Waals surface area contributed by atoms with Crippen molar-refractivity contribution in [2.24, 2.45) is 5.92 Å². The molecule has 3 rings (SSSR count). The van der Waals surface area contributed by atoms with E-state index >= 15 is 0 Å². The molecule has 0 radical (unpaired) electrons. The van der Waals surface area contributed by atoms with Crippen molar-refractivity contribution in [2.45, 2.75) is 44.6 Å². The number of aryl methyl sites for hydroxylation is 2. The Bertz CT molecular complexity index is 983. The molecule has 0 aromatic heterocycles. The van der Waals surface area contributed by atoms with Crippen LogP contribution in [-0.2, 0) is 10.0 Å². The molecule has 1 amide bonds. The van der Waals surface area contributed by atoms with Crippen molar-refractivity contribution in [3.05, 3.63) is 59.2 Å². The molecule has 7 heteroatoms. The number of benzene rings is 2. The number of nitrogens with one attached hydrogen (secondary N) is 3. The van der Waals surface area contributed by atoms with Crippen molar-refractivity contribution in [1.29, 1.82) is 0 Å². The van der Waals surface area contributed by atoms with Crippen LogP contribution in [0.1, 0.15) is 41.3 Å². The lowest BCUT2D eigenvalue weighted by molar-refractivity contribution is 0.102. The molecule has 156 valence electrons. The summed E-state index contributed by atoms with van der Waals surface area (Å²) in [6, 6.07) is 12.0. The van der Waals surface area contributed by atoms with Gasteiger partial charge in [-0.2, -0.15) is 0 Å². The van der Waals surface area contributed by atoms with E-state index in [9.17, 15) is 13.2 Å². The Morgan fingerprint density at radius 3 is 2.41 bits per heavy atom. The van der Waals surface area contributed by atoms with E-state index in [1.54, 1.807) is 19.1 Å². The smallest absolute Gasteiger partial charge is 0.255 e. The Balaban J connectivity index is 1.74. The second-order valence-corrected chi connectivity index (χ2v) is 9.46. The van der Waals surface area contributed by atoms with Crippen LogP contribution < -0.4 is 15.4 Å². The molecule has 1 aliphatic heterocycles. The minimum absolute atomic E-state index is 0.133. The zero-order valence-corrected chi connectivity index (χ0v) is 18.0. The molecule has 29 heavy (non-hydrogen) atoms. The number of anilines is 1. The molecule has 2 aromatic carbocycles. The monoisotopic (exact) mass is 415 g/mol. The van der Waals surface area contributed by atoms with Crippen LogP contribution in [-0.4, -0.2) is 33.5 Å². The van der Waals surface area contributed by atoms with Crippen LogP contribution in [0.2, 0.25) is 0 Å². The van der Waals surface area contributed by atoms with E-state index in [0.29, 0.717) is 17.0 Å². The van der Waals surface area contributed by atoms with Crippen LogP contribution in [0.3, 0.4) is 0 Å². The van der Waals surface area contributed by atoms with E-state index in [2.05, 4.69) is 15.4 Å². The molecule has 3 N–H and O–H groups in total. The highest BCUT2D eigenvalue weighted by molar-refractivity contribution is 7.89. The first-order valence-electron chi connectivity index (χ1n) is 9.98. The van der Waals surface area contributed by atoms with Gasteiger partial charge < -0.3 is 10.6 Å². The highest BCUT2D eigenvalue weighted by atomic mass is 32.2. The molecule has 1 saturated heterocycles. The lowest BCUT2D eigenvalue weighted by Gasteiger charge is -2.28. The molecular weight excluding hydrogens is 386 g/mol. The van der Waals surface area contributed by atoms with Crippen LogP contribution in [0.5, 0.6) is 0 Å². The Morgan fingerprint density at radius 1 is 1.07 bits per heavy atom. The Labute approximate surface area is 173 Å². The maximum absolute atomic E-state index is 12.8. The molecule has 0 aliphatic carbocycles. The highest BCUT2D eigenvalue weighted by Crippen LogP contribution is 2.21. The summed E-state index contributed by atoms with van der Waals surface area (Å²) in [4.78, 5) is 12.8. The summed E-state index contributed by atoms with van der Waals surface area (Å²) >= 11 is 0. The highest BCUT2D eigenvalue weighted by Gasteiger charge is 2.25. The molecule has 0 saturated carbocycles. The Morgan fingerprint density at radius 2 is 1.76 bits per heavy atom. The first-order valence-corrected chi connectivity index (χ1v) is 11.5. The molecule has 0 spiro atoms. The molecular formula is C22H29N3O3S. The fraction of sp³-hybridized carbons (Fsp3) is 0.409. The largest absolute Gasteiger partial charge is 0.322 e. The normalized spacial score (nSPS) is 16.4. The van der Waals surface area contributed by atoms with Crippen LogP contribution in [0.25, 0.3) is 0 Å². The fourth-order valence-electron chi connectivity index (χ4n) is 3.71. The predicted octanol–water partition coefficient (Wildman–Crippen LogP) is 3.22. The third-order valence-corrected chi connectivity index (χ3v) is 7.13. The number of rotatable bonds is 6. The van der Waals surface area contributed by atoms with E-state index in [1.165, 1.54) is 6.07 Å². The minimum Gasteiger partial charge on any atom is -0.322 e. The van der Waals surface area contributed by atoms with Crippen LogP contribution in [0.15, 0.2) is 47.4 Å². The van der Waals surface area contributed by atoms with Crippen molar-refractivity contribution >= 4 is 21.6 Å². The second-order valence-electron chi connectivity index (χ2n) is 7.74. The fourth-order valence-corrected chi connectivity index (χ4v) is 5.11. The van der Waals surface area contributed by atoms with Crippen LogP contribution in [0, 0.1) is 19.8 Å². The lowest BCUT2D eigenvalue weighted by Crippen LogP contribution is -2.42. The van der Waals surface area contributed by atoms with Gasteiger partial charge in [0.1, 0.15) is 0 Å². The van der Waals surface area contributed by atoms with E-state index in [0.717, 1.165) is 37.2 Å². The van der Waals surface area contributed by atoms with Gasteiger partial charge in [-0.1, -0.05) is 18.2 Å². The number of hydrogen-bond donors (Lipinski definition) is 3. The average molecular weight is 416 g/mol. The van der Waals surface area contributed by atoms with Crippen molar-refractivity contribution in [2.75, 3.05) is 18.4 Å². The number of piperidine rings is 1. The van der Waals surface area contributed by atoms with Crippen LogP contribution >= 0.6 is 0 Å². The van der Waals surface area contributed by atoms with Gasteiger partial charge in [-0.05, 0) is 88.0 Å². The van der Waals surface area contributed by atoms with Gasteiger partial charge in [0.2, 0.25) is 10.0 Å². The van der Waals surface area contributed by atoms with E-state index in [1.807, 2.05) is 38.1 Å². The zero-order chi connectivity index (χ0) is 21.0. The summed E-state index contributed by atoms with van der Waals surface area (Å²) in [5, 5.41) is 6.18. The van der Waals surface area contributed by atoms with Gasteiger partial charge in [-0.25, -0.2) is 13.1 Å². The third kappa shape index (κ3) is 5.23. The quantitative estimate of drug-likeness (QED) is 0.676. The minimum atomic E-state index is -3.64. The maximum atomic E-state index is 12.8. The van der Waals surface area contributed by atoms with Gasteiger partial charge in [-0.3, -0.25) is 4.79 Å². The first-order chi connectivity index (χ1) is 13.8. The zero-order valence-electron chi connectivity index (χ0n) is 17.2. The molecule has 1 fully saturated rings. The Hall–Kier alpha value is -2.22. The van der Waals surface area contributed by atoms with Crippen molar-refractivity contribution in [3.8, 4) is 0 Å². The van der Waals surface area contributed by atoms with Gasteiger partial charge in [-0.15, -0.1) is 0 Å². The van der Waals surface area contributed by atoms with E-state index in [-0.39, 0.29) is 16.8 Å². The first kappa shape index (κ1) is 21.5. The predicted molar refractivity (Wildman–Crippen MR) is 116 cm³/mol. The standard InChI is InChI=1S/C22H29N3O3S/c1-15-6-4-5-7-21(15)24-22(26)20-9-8-19(14-16(20)2)29(27,28)25-17(3)18-10-12-23-13-11-18/h4-9,14,17-18,23,25H,10-13H2,1-3H3,(H,24,26). The topological polar surface area (TPSA) is 87.3 Å². The summed E-state index contributed by atoms with van der Waals surface area (Å²) in [6.07, 6.45) is 1.92. The maximum Gasteiger partial charge on any atom is 0.255 e. The van der Waals surface area contributed by atoms with Gasteiger partial charge in [0.15, 0.2) is 0 Å². The number of sulfonamides is 1. The van der Waals surface area contributed by atoms with Gasteiger partial charge in [0.25, 0.3) is 5.91 Å². The average Bonchev–Trinajstić information content (AvgIpc) is 2.70. The number of hydrogen-bond acceptors (Lipinski definition) is 4. The third-order valence-electron chi connectivity index (χ3n) is 5.58. The van der Waals surface area contributed by atoms with Crippen molar-refractivity contribution in [3.63, 3.8) is 0 Å². The van der Waals surface area contributed by atoms with E-state index < -0.39 is 10.0 Å². The molecule has 1 atom stereocenters. The number of carbonyl (C=O) groups is 1. The van der Waals surface area contributed by atoms with Gasteiger partial charge in [0.05, 0.1) is 4.90 Å². The Kier molecular flexibility index (Phi) is 6.72. The van der Waals surface area contributed by atoms with Crippen molar-refractivity contribution in [1.82, 2.24) is 10.0 Å². The summed E-state index contributed by atoms with van der Waals surface area (Å²) < 4.78 is 28.5. The van der Waals surface area contributed by atoms with Gasteiger partial charge >= 0.3 is 0 Å². The van der Waals surface area contributed by atoms with E-state index in [4.69, 9.17) is 0 Å². The molecule has 2 aromatic rings. The summed E-state index contributed by atoms with van der Waals surface area (Å²) in [5.41, 5.74) is 2.78. The van der Waals surface area contributed by atoms with Crippen LogP contribution in [0.4, 0.5) is 5.69 Å². The molecule has 1 aliphatic rings. The number of carbonyl (C=O) groups excluding carboxylic acids is 1. The second kappa shape index (κ2) is 9.07. The molecule has 1 heterocycles. The van der Waals surface area contributed by atoms with Crippen molar-refractivity contribution < 1.29 is 13.2 Å². The molecule has 6 nitrogen and oxygen atoms in total. The number of para-hydroxylation sites is 1. The van der Waals surface area contributed by atoms with Gasteiger partial charge in [0, 0.05) is 17.3 Å². The summed E-state index contributed by atoms with van der Waals surface area (Å²) in [5.74, 6) is 0.0723. The lowest BCUT2D eigenvalue weighted by atomic mass is 9.92. The summed E-state index contributed by atoms with van der Waals surface area (Å²) in [6.45, 7) is 7.43. The molecule has 0 bridgehead atoms. The summed E-state index contributed by atoms with van der Waals surface area (Å²) in [7, 11) is -3.64. The molecule has 1 unspecified atom stereocenters.